The zero-order valence-corrected chi connectivity index (χ0v) is 8.84. The van der Waals surface area contributed by atoms with E-state index in [0.717, 1.165) is 19.8 Å². The van der Waals surface area contributed by atoms with Gasteiger partial charge < -0.3 is 10.1 Å². The molecule has 0 saturated carbocycles. The second-order valence-electron chi connectivity index (χ2n) is 4.17. The molecule has 76 valence electrons. The van der Waals surface area contributed by atoms with Gasteiger partial charge in [0.2, 0.25) is 0 Å². The molecule has 0 radical (unpaired) electrons. The number of hydrogen-bond acceptors (Lipinski definition) is 2. The van der Waals surface area contributed by atoms with Gasteiger partial charge in [-0.1, -0.05) is 29.8 Å². The molecule has 1 N–H and O–H groups in total. The minimum atomic E-state index is 0.225. The van der Waals surface area contributed by atoms with Crippen molar-refractivity contribution in [2.45, 2.75) is 12.3 Å². The molecule has 0 unspecified atom stereocenters. The minimum Gasteiger partial charge on any atom is -0.379 e. The van der Waals surface area contributed by atoms with E-state index in [9.17, 15) is 0 Å². The van der Waals surface area contributed by atoms with E-state index in [1.807, 2.05) is 7.05 Å². The van der Waals surface area contributed by atoms with Crippen LogP contribution in [0.25, 0.3) is 0 Å². The van der Waals surface area contributed by atoms with Crippen molar-refractivity contribution in [2.75, 3.05) is 26.8 Å². The molecular formula is C12H17NO. The third-order valence-electron chi connectivity index (χ3n) is 2.94. The van der Waals surface area contributed by atoms with Gasteiger partial charge in [-0.2, -0.15) is 0 Å². The van der Waals surface area contributed by atoms with Crippen molar-refractivity contribution in [3.8, 4) is 0 Å². The Labute approximate surface area is 85.3 Å². The standard InChI is InChI=1S/C12H17NO/c1-10-3-5-11(6-4-10)12(7-13-2)8-14-9-12/h3-6,13H,7-9H2,1-2H3. The number of aryl methyl sites for hydroxylation is 1. The normalized spacial score (nSPS) is 19.0. The molecule has 2 nitrogen and oxygen atoms in total. The SMILES string of the molecule is CNCC1(c2ccc(C)cc2)COC1. The van der Waals surface area contributed by atoms with E-state index in [2.05, 4.69) is 36.5 Å². The van der Waals surface area contributed by atoms with Crippen molar-refractivity contribution >= 4 is 0 Å². The van der Waals surface area contributed by atoms with Crippen molar-refractivity contribution in [3.63, 3.8) is 0 Å². The Morgan fingerprint density at radius 3 is 2.36 bits per heavy atom. The van der Waals surface area contributed by atoms with Gasteiger partial charge in [-0.3, -0.25) is 0 Å². The summed E-state index contributed by atoms with van der Waals surface area (Å²) in [5, 5.41) is 3.24. The Morgan fingerprint density at radius 1 is 1.29 bits per heavy atom. The Kier molecular flexibility index (Phi) is 2.57. The predicted molar refractivity (Wildman–Crippen MR) is 57.6 cm³/mol. The highest BCUT2D eigenvalue weighted by Crippen LogP contribution is 2.31. The van der Waals surface area contributed by atoms with Crippen LogP contribution in [0.1, 0.15) is 11.1 Å². The van der Waals surface area contributed by atoms with Gasteiger partial charge in [-0.25, -0.2) is 0 Å². The molecule has 0 spiro atoms. The number of likely N-dealkylation sites (N-methyl/N-ethyl adjacent to an activating group) is 1. The first-order chi connectivity index (χ1) is 6.77. The summed E-state index contributed by atoms with van der Waals surface area (Å²) in [5.41, 5.74) is 2.93. The molecule has 0 amide bonds. The largest absolute Gasteiger partial charge is 0.379 e. The monoisotopic (exact) mass is 191 g/mol. The van der Waals surface area contributed by atoms with Crippen molar-refractivity contribution in [1.29, 1.82) is 0 Å². The Hall–Kier alpha value is -0.860. The van der Waals surface area contributed by atoms with Crippen molar-refractivity contribution in [2.24, 2.45) is 0 Å². The summed E-state index contributed by atoms with van der Waals surface area (Å²) in [5.74, 6) is 0. The van der Waals surface area contributed by atoms with E-state index in [1.54, 1.807) is 0 Å². The lowest BCUT2D eigenvalue weighted by Crippen LogP contribution is -2.52. The summed E-state index contributed by atoms with van der Waals surface area (Å²) in [7, 11) is 1.99. The Bertz CT molecular complexity index is 301. The lowest BCUT2D eigenvalue weighted by atomic mass is 9.78. The molecular weight excluding hydrogens is 174 g/mol. The maximum absolute atomic E-state index is 5.34. The highest BCUT2D eigenvalue weighted by Gasteiger charge is 2.39. The first-order valence-corrected chi connectivity index (χ1v) is 5.06. The van der Waals surface area contributed by atoms with Gasteiger partial charge in [0.25, 0.3) is 0 Å². The molecule has 2 heteroatoms. The molecule has 1 aliphatic heterocycles. The molecule has 0 bridgehead atoms. The van der Waals surface area contributed by atoms with Crippen LogP contribution >= 0.6 is 0 Å². The number of rotatable bonds is 3. The van der Waals surface area contributed by atoms with Crippen molar-refractivity contribution in [1.82, 2.24) is 5.32 Å². The topological polar surface area (TPSA) is 21.3 Å². The Balaban J connectivity index is 2.23. The van der Waals surface area contributed by atoms with Crippen LogP contribution in [0.2, 0.25) is 0 Å². The quantitative estimate of drug-likeness (QED) is 0.781. The summed E-state index contributed by atoms with van der Waals surface area (Å²) < 4.78 is 5.34. The molecule has 2 rings (SSSR count). The van der Waals surface area contributed by atoms with Crippen LogP contribution in [0.4, 0.5) is 0 Å². The van der Waals surface area contributed by atoms with Gasteiger partial charge in [0.1, 0.15) is 0 Å². The van der Waals surface area contributed by atoms with Crippen LogP contribution in [0.5, 0.6) is 0 Å². The molecule has 1 aromatic rings. The average molecular weight is 191 g/mol. The average Bonchev–Trinajstić information content (AvgIpc) is 2.13. The van der Waals surface area contributed by atoms with Crippen LogP contribution in [-0.4, -0.2) is 26.8 Å². The van der Waals surface area contributed by atoms with Crippen LogP contribution in [0, 0.1) is 6.92 Å². The maximum atomic E-state index is 5.34. The van der Waals surface area contributed by atoms with Crippen LogP contribution in [0.3, 0.4) is 0 Å². The van der Waals surface area contributed by atoms with Gasteiger partial charge in [0, 0.05) is 6.54 Å². The smallest absolute Gasteiger partial charge is 0.0598 e. The molecule has 1 aliphatic rings. The molecule has 1 saturated heterocycles. The third-order valence-corrected chi connectivity index (χ3v) is 2.94. The van der Waals surface area contributed by atoms with Crippen LogP contribution in [0.15, 0.2) is 24.3 Å². The van der Waals surface area contributed by atoms with Gasteiger partial charge in [0.15, 0.2) is 0 Å². The summed E-state index contributed by atoms with van der Waals surface area (Å²) in [6.45, 7) is 4.80. The maximum Gasteiger partial charge on any atom is 0.0598 e. The predicted octanol–water partition coefficient (Wildman–Crippen LogP) is 1.48. The zero-order chi connectivity index (χ0) is 10.0. The molecule has 14 heavy (non-hydrogen) atoms. The lowest BCUT2D eigenvalue weighted by Gasteiger charge is -2.42. The van der Waals surface area contributed by atoms with E-state index in [1.165, 1.54) is 11.1 Å². The van der Waals surface area contributed by atoms with E-state index < -0.39 is 0 Å². The van der Waals surface area contributed by atoms with Gasteiger partial charge in [0.05, 0.1) is 18.6 Å². The fraction of sp³-hybridized carbons (Fsp3) is 0.500. The summed E-state index contributed by atoms with van der Waals surface area (Å²) in [6, 6.07) is 8.78. The van der Waals surface area contributed by atoms with E-state index in [-0.39, 0.29) is 5.41 Å². The molecule has 0 aliphatic carbocycles. The van der Waals surface area contributed by atoms with Crippen LogP contribution in [-0.2, 0) is 10.2 Å². The highest BCUT2D eigenvalue weighted by atomic mass is 16.5. The van der Waals surface area contributed by atoms with E-state index in [4.69, 9.17) is 4.74 Å². The van der Waals surface area contributed by atoms with Crippen molar-refractivity contribution < 1.29 is 4.74 Å². The molecule has 1 aromatic carbocycles. The number of benzene rings is 1. The molecule has 1 fully saturated rings. The van der Waals surface area contributed by atoms with Gasteiger partial charge in [-0.15, -0.1) is 0 Å². The van der Waals surface area contributed by atoms with Crippen LogP contribution < -0.4 is 5.32 Å². The fourth-order valence-corrected chi connectivity index (χ4v) is 1.96. The first-order valence-electron chi connectivity index (χ1n) is 5.06. The van der Waals surface area contributed by atoms with E-state index >= 15 is 0 Å². The molecule has 1 heterocycles. The summed E-state index contributed by atoms with van der Waals surface area (Å²) >= 11 is 0. The first kappa shape index (κ1) is 9.69. The molecule has 0 aromatic heterocycles. The number of nitrogens with one attached hydrogen (secondary N) is 1. The minimum absolute atomic E-state index is 0.225. The summed E-state index contributed by atoms with van der Waals surface area (Å²) in [6.07, 6.45) is 0. The van der Waals surface area contributed by atoms with Gasteiger partial charge in [-0.05, 0) is 19.5 Å². The van der Waals surface area contributed by atoms with E-state index in [0.29, 0.717) is 0 Å². The lowest BCUT2D eigenvalue weighted by molar-refractivity contribution is -0.0582. The number of hydrogen-bond donors (Lipinski definition) is 1. The zero-order valence-electron chi connectivity index (χ0n) is 8.84. The van der Waals surface area contributed by atoms with Gasteiger partial charge >= 0.3 is 0 Å². The van der Waals surface area contributed by atoms with Crippen molar-refractivity contribution in [3.05, 3.63) is 35.4 Å². The Morgan fingerprint density at radius 2 is 1.93 bits per heavy atom. The molecule has 0 atom stereocenters. The third kappa shape index (κ3) is 1.56. The second kappa shape index (κ2) is 3.71. The second-order valence-corrected chi connectivity index (χ2v) is 4.17. The highest BCUT2D eigenvalue weighted by molar-refractivity contribution is 5.31. The summed E-state index contributed by atoms with van der Waals surface area (Å²) in [4.78, 5) is 0. The number of ether oxygens (including phenoxy) is 1. The fourth-order valence-electron chi connectivity index (χ4n) is 1.96.